The van der Waals surface area contributed by atoms with E-state index in [2.05, 4.69) is 42.9 Å². The summed E-state index contributed by atoms with van der Waals surface area (Å²) in [5.74, 6) is 1.83. The Balaban J connectivity index is 1.83. The Bertz CT molecular complexity index is 399. The molecule has 146 valence electrons. The molecule has 0 spiro atoms. The van der Waals surface area contributed by atoms with Crippen molar-refractivity contribution in [1.82, 2.24) is 15.1 Å². The molecule has 6 nitrogen and oxygen atoms in total. The molecule has 2 rings (SSSR count). The molecule has 0 radical (unpaired) electrons. The van der Waals surface area contributed by atoms with Crippen molar-refractivity contribution in [2.45, 2.75) is 52.1 Å². The molecule has 2 saturated heterocycles. The second-order valence-corrected chi connectivity index (χ2v) is 7.47. The van der Waals surface area contributed by atoms with E-state index in [4.69, 9.17) is 14.5 Å². The molecule has 0 aliphatic carbocycles. The Morgan fingerprint density at radius 1 is 1.28 bits per heavy atom. The quantitative estimate of drug-likeness (QED) is 0.558. The summed E-state index contributed by atoms with van der Waals surface area (Å²) in [5, 5.41) is 3.45. The topological polar surface area (TPSA) is 49.3 Å². The van der Waals surface area contributed by atoms with E-state index in [0.29, 0.717) is 12.1 Å². The molecular weight excluding hydrogens is 316 g/mol. The van der Waals surface area contributed by atoms with Gasteiger partial charge in [-0.05, 0) is 46.0 Å². The highest BCUT2D eigenvalue weighted by Crippen LogP contribution is 2.18. The van der Waals surface area contributed by atoms with Gasteiger partial charge in [0, 0.05) is 52.0 Å². The van der Waals surface area contributed by atoms with E-state index < -0.39 is 0 Å². The number of nitrogens with zero attached hydrogens (tertiary/aromatic N) is 3. The molecule has 2 fully saturated rings. The maximum Gasteiger partial charge on any atom is 0.193 e. The lowest BCUT2D eigenvalue weighted by Crippen LogP contribution is -2.49. The van der Waals surface area contributed by atoms with E-state index in [1.165, 1.54) is 19.3 Å². The molecule has 2 aliphatic rings. The molecule has 0 aromatic carbocycles. The largest absolute Gasteiger partial charge is 0.381 e. The summed E-state index contributed by atoms with van der Waals surface area (Å²) in [6, 6.07) is 0.921. The van der Waals surface area contributed by atoms with Gasteiger partial charge in [-0.1, -0.05) is 0 Å². The third kappa shape index (κ3) is 6.76. The molecule has 2 aliphatic heterocycles. The third-order valence-electron chi connectivity index (χ3n) is 5.40. The van der Waals surface area contributed by atoms with Gasteiger partial charge < -0.3 is 19.7 Å². The maximum atomic E-state index is 5.55. The van der Waals surface area contributed by atoms with Crippen LogP contribution in [0.3, 0.4) is 0 Å². The molecule has 0 aromatic heterocycles. The van der Waals surface area contributed by atoms with Gasteiger partial charge in [-0.3, -0.25) is 9.89 Å². The maximum absolute atomic E-state index is 5.55. The lowest BCUT2D eigenvalue weighted by atomic mass is 9.96. The molecule has 0 saturated carbocycles. The van der Waals surface area contributed by atoms with Crippen molar-refractivity contribution in [2.24, 2.45) is 10.9 Å². The monoisotopic (exact) mass is 354 g/mol. The van der Waals surface area contributed by atoms with Crippen LogP contribution >= 0.6 is 0 Å². The highest BCUT2D eigenvalue weighted by molar-refractivity contribution is 5.79. The van der Waals surface area contributed by atoms with Crippen molar-refractivity contribution >= 4 is 5.96 Å². The van der Waals surface area contributed by atoms with Crippen LogP contribution in [0, 0.1) is 5.92 Å². The standard InChI is InChI=1S/C19H38N4O2/c1-5-20-19(22(4)9-6-18-7-11-24-12-8-18)21-14-16(2)23-10-13-25-15-17(23)3/h16-18H,5-15H2,1-4H3,(H,20,21). The van der Waals surface area contributed by atoms with E-state index in [0.717, 1.165) is 64.5 Å². The van der Waals surface area contributed by atoms with Crippen molar-refractivity contribution in [3.63, 3.8) is 0 Å². The van der Waals surface area contributed by atoms with E-state index in [1.807, 2.05) is 0 Å². The summed E-state index contributed by atoms with van der Waals surface area (Å²) in [7, 11) is 2.16. The molecule has 0 amide bonds. The van der Waals surface area contributed by atoms with Crippen molar-refractivity contribution in [3.8, 4) is 0 Å². The predicted molar refractivity (Wildman–Crippen MR) is 103 cm³/mol. The van der Waals surface area contributed by atoms with E-state index in [1.54, 1.807) is 0 Å². The van der Waals surface area contributed by atoms with Gasteiger partial charge in [0.25, 0.3) is 0 Å². The number of nitrogens with one attached hydrogen (secondary N) is 1. The normalized spacial score (nSPS) is 25.0. The first-order valence-corrected chi connectivity index (χ1v) is 10.0. The van der Waals surface area contributed by atoms with Crippen molar-refractivity contribution in [3.05, 3.63) is 0 Å². The minimum Gasteiger partial charge on any atom is -0.381 e. The minimum absolute atomic E-state index is 0.441. The zero-order valence-corrected chi connectivity index (χ0v) is 16.7. The van der Waals surface area contributed by atoms with Gasteiger partial charge in [0.15, 0.2) is 5.96 Å². The molecule has 1 N–H and O–H groups in total. The van der Waals surface area contributed by atoms with Gasteiger partial charge in [0.1, 0.15) is 0 Å². The summed E-state index contributed by atoms with van der Waals surface area (Å²) in [6.07, 6.45) is 3.63. The lowest BCUT2D eigenvalue weighted by Gasteiger charge is -2.37. The average molecular weight is 355 g/mol. The number of rotatable bonds is 7. The van der Waals surface area contributed by atoms with Crippen molar-refractivity contribution in [1.29, 1.82) is 0 Å². The zero-order chi connectivity index (χ0) is 18.1. The Morgan fingerprint density at radius 2 is 2.04 bits per heavy atom. The summed E-state index contributed by atoms with van der Waals surface area (Å²) in [6.45, 7) is 14.0. The van der Waals surface area contributed by atoms with Crippen LogP contribution in [0.15, 0.2) is 4.99 Å². The van der Waals surface area contributed by atoms with Crippen LogP contribution in [0.5, 0.6) is 0 Å². The zero-order valence-electron chi connectivity index (χ0n) is 16.7. The van der Waals surface area contributed by atoms with Crippen molar-refractivity contribution in [2.75, 3.05) is 59.7 Å². The first-order chi connectivity index (χ1) is 12.1. The van der Waals surface area contributed by atoms with E-state index in [9.17, 15) is 0 Å². The SMILES string of the molecule is CCNC(=NCC(C)N1CCOCC1C)N(C)CCC1CCOCC1. The van der Waals surface area contributed by atoms with Crippen molar-refractivity contribution < 1.29 is 9.47 Å². The molecule has 25 heavy (non-hydrogen) atoms. The molecule has 0 aromatic rings. The summed E-state index contributed by atoms with van der Waals surface area (Å²) < 4.78 is 11.0. The predicted octanol–water partition coefficient (Wildman–Crippen LogP) is 1.81. The van der Waals surface area contributed by atoms with Crippen LogP contribution in [-0.4, -0.2) is 87.5 Å². The second-order valence-electron chi connectivity index (χ2n) is 7.47. The highest BCUT2D eigenvalue weighted by Gasteiger charge is 2.23. The Hall–Kier alpha value is -0.850. The fourth-order valence-corrected chi connectivity index (χ4v) is 3.71. The van der Waals surface area contributed by atoms with Crippen LogP contribution < -0.4 is 5.32 Å². The van der Waals surface area contributed by atoms with Crippen LogP contribution in [0.2, 0.25) is 0 Å². The first-order valence-electron chi connectivity index (χ1n) is 10.0. The summed E-state index contributed by atoms with van der Waals surface area (Å²) >= 11 is 0. The number of ether oxygens (including phenoxy) is 2. The Morgan fingerprint density at radius 3 is 2.72 bits per heavy atom. The van der Waals surface area contributed by atoms with Gasteiger partial charge in [0.2, 0.25) is 0 Å². The molecule has 2 unspecified atom stereocenters. The summed E-state index contributed by atoms with van der Waals surface area (Å²) in [4.78, 5) is 9.71. The fourth-order valence-electron chi connectivity index (χ4n) is 3.71. The molecule has 0 bridgehead atoms. The molecule has 2 atom stereocenters. The Labute approximate surface area is 153 Å². The number of guanidine groups is 1. The van der Waals surface area contributed by atoms with Gasteiger partial charge in [-0.25, -0.2) is 0 Å². The molecular formula is C19H38N4O2. The fraction of sp³-hybridized carbons (Fsp3) is 0.947. The van der Waals surface area contributed by atoms with E-state index >= 15 is 0 Å². The average Bonchev–Trinajstić information content (AvgIpc) is 2.64. The smallest absolute Gasteiger partial charge is 0.193 e. The third-order valence-corrected chi connectivity index (χ3v) is 5.40. The van der Waals surface area contributed by atoms with Gasteiger partial charge in [-0.15, -0.1) is 0 Å². The number of aliphatic imine (C=N–C) groups is 1. The lowest BCUT2D eigenvalue weighted by molar-refractivity contribution is -0.0166. The number of morpholine rings is 1. The van der Waals surface area contributed by atoms with Crippen LogP contribution in [0.4, 0.5) is 0 Å². The second kappa shape index (κ2) is 11.0. The number of hydrogen-bond donors (Lipinski definition) is 1. The molecule has 2 heterocycles. The first kappa shape index (κ1) is 20.5. The van der Waals surface area contributed by atoms with Gasteiger partial charge in [-0.2, -0.15) is 0 Å². The van der Waals surface area contributed by atoms with Crippen LogP contribution in [-0.2, 0) is 9.47 Å². The van der Waals surface area contributed by atoms with Crippen LogP contribution in [0.25, 0.3) is 0 Å². The Kier molecular flexibility index (Phi) is 8.99. The van der Waals surface area contributed by atoms with Crippen LogP contribution in [0.1, 0.15) is 40.0 Å². The highest BCUT2D eigenvalue weighted by atomic mass is 16.5. The summed E-state index contributed by atoms with van der Waals surface area (Å²) in [5.41, 5.74) is 0. The number of hydrogen-bond acceptors (Lipinski definition) is 4. The minimum atomic E-state index is 0.441. The van der Waals surface area contributed by atoms with Gasteiger partial charge in [0.05, 0.1) is 19.8 Å². The van der Waals surface area contributed by atoms with E-state index in [-0.39, 0.29) is 0 Å². The molecule has 6 heteroatoms. The van der Waals surface area contributed by atoms with Gasteiger partial charge >= 0.3 is 0 Å².